The molecule has 0 aliphatic carbocycles. The maximum atomic E-state index is 2.40. The molecule has 1 radical (unpaired) electrons. The monoisotopic (exact) mass is 763 g/mol. The molecule has 6 aromatic rings. The Morgan fingerprint density at radius 3 is 0.830 bits per heavy atom. The van der Waals surface area contributed by atoms with Gasteiger partial charge in [0.05, 0.1) is 11.4 Å². The quantitative estimate of drug-likeness (QED) is 0.128. The summed E-state index contributed by atoms with van der Waals surface area (Å²) in [6, 6.07) is 53.3. The van der Waals surface area contributed by atoms with Crippen molar-refractivity contribution in [3.05, 3.63) is 220 Å². The van der Waals surface area contributed by atoms with Gasteiger partial charge >= 0.3 is 17.1 Å². The first-order valence-corrected chi connectivity index (χ1v) is 18.4. The Bertz CT molecular complexity index is 1830. The van der Waals surface area contributed by atoms with E-state index in [4.69, 9.17) is 0 Å². The van der Waals surface area contributed by atoms with E-state index in [9.17, 15) is 0 Å². The van der Waals surface area contributed by atoms with Gasteiger partial charge in [-0.3, -0.25) is 0 Å². The molecule has 2 nitrogen and oxygen atoms in total. The van der Waals surface area contributed by atoms with Crippen molar-refractivity contribution in [3.63, 3.8) is 0 Å². The fraction of sp³-hybridized carbons (Fsp3) is 0.204. The topological polar surface area (TPSA) is 6.48 Å². The van der Waals surface area contributed by atoms with Gasteiger partial charge in [0.2, 0.25) is 0 Å². The second-order valence-electron chi connectivity index (χ2n) is 14.3. The van der Waals surface area contributed by atoms with Crippen LogP contribution in [0.25, 0.3) is 0 Å². The fourth-order valence-corrected chi connectivity index (χ4v) is 7.89. The number of rotatable bonds is 10. The van der Waals surface area contributed by atoms with Crippen molar-refractivity contribution in [2.45, 2.75) is 65.2 Å². The zero-order valence-electron chi connectivity index (χ0n) is 31.5. The van der Waals surface area contributed by atoms with Gasteiger partial charge < -0.3 is 22.2 Å². The molecule has 7 rings (SSSR count). The van der Waals surface area contributed by atoms with Crippen molar-refractivity contribution in [2.24, 2.45) is 0 Å². The van der Waals surface area contributed by atoms with Crippen LogP contribution in [0, 0.1) is 20.5 Å². The third-order valence-corrected chi connectivity index (χ3v) is 10.8. The molecule has 4 atom stereocenters. The second kappa shape index (κ2) is 17.5. The van der Waals surface area contributed by atoms with Crippen LogP contribution in [0.5, 0.6) is 0 Å². The molecule has 6 aromatic carbocycles. The van der Waals surface area contributed by atoms with Crippen LogP contribution in [0.15, 0.2) is 158 Å². The van der Waals surface area contributed by atoms with E-state index >= 15 is 0 Å². The van der Waals surface area contributed by atoms with Crippen molar-refractivity contribution in [2.75, 3.05) is 9.80 Å². The van der Waals surface area contributed by atoms with E-state index in [2.05, 4.69) is 216 Å². The van der Waals surface area contributed by atoms with Gasteiger partial charge in [0.15, 0.2) is 6.67 Å². The minimum absolute atomic E-state index is 0. The summed E-state index contributed by atoms with van der Waals surface area (Å²) >= 11 is 0. The van der Waals surface area contributed by atoms with Crippen LogP contribution in [0.1, 0.15) is 107 Å². The van der Waals surface area contributed by atoms with Gasteiger partial charge in [-0.2, -0.15) is 0 Å². The molecule has 0 unspecified atom stereocenters. The van der Waals surface area contributed by atoms with Crippen molar-refractivity contribution in [1.29, 1.82) is 0 Å². The second-order valence-corrected chi connectivity index (χ2v) is 14.3. The largest absolute Gasteiger partial charge is 1.00 e. The number of hydrogen-bond donors (Lipinski definition) is 0. The molecule has 1 aliphatic rings. The van der Waals surface area contributed by atoms with Gasteiger partial charge in [0.1, 0.15) is 0 Å². The molecule has 0 fully saturated rings. The average molecular weight is 765 g/mol. The van der Waals surface area contributed by atoms with Crippen molar-refractivity contribution >= 4 is 11.4 Å². The van der Waals surface area contributed by atoms with Gasteiger partial charge in [-0.25, -0.2) is 0 Å². The Kier molecular flexibility index (Phi) is 13.1. The van der Waals surface area contributed by atoms with Crippen molar-refractivity contribution in [1.82, 2.24) is 0 Å². The molecule has 0 saturated carbocycles. The van der Waals surface area contributed by atoms with E-state index in [0.717, 1.165) is 0 Å². The summed E-state index contributed by atoms with van der Waals surface area (Å²) in [5, 5.41) is 0. The Labute approximate surface area is 334 Å². The maximum Gasteiger partial charge on any atom is 1.00 e. The molecule has 0 aromatic heterocycles. The van der Waals surface area contributed by atoms with Crippen LogP contribution in [-0.4, -0.2) is 0 Å². The van der Waals surface area contributed by atoms with Gasteiger partial charge in [-0.15, -0.1) is 0 Å². The molecule has 4 heteroatoms. The molecule has 53 heavy (non-hydrogen) atoms. The average Bonchev–Trinajstić information content (AvgIpc) is 3.66. The van der Waals surface area contributed by atoms with Gasteiger partial charge in [-0.1, -0.05) is 184 Å². The predicted molar refractivity (Wildman–Crippen MR) is 217 cm³/mol. The first-order valence-electron chi connectivity index (χ1n) is 18.4. The Morgan fingerprint density at radius 1 is 0.377 bits per heavy atom. The fourth-order valence-electron chi connectivity index (χ4n) is 7.89. The van der Waals surface area contributed by atoms with E-state index in [0.29, 0.717) is 0 Å². The Balaban J connectivity index is 0.00000271. The molecule has 0 bridgehead atoms. The summed E-state index contributed by atoms with van der Waals surface area (Å²) in [5.41, 5.74) is 15.7. The summed E-state index contributed by atoms with van der Waals surface area (Å²) < 4.78 is 0. The molecule has 0 amide bonds. The summed E-state index contributed by atoms with van der Waals surface area (Å²) in [6.07, 6.45) is 4.53. The number of halogens is 1. The van der Waals surface area contributed by atoms with Gasteiger partial charge in [0.25, 0.3) is 0 Å². The molecular weight excluding hydrogens is 716 g/mol. The van der Waals surface area contributed by atoms with Crippen LogP contribution in [0.2, 0.25) is 0 Å². The zero-order chi connectivity index (χ0) is 35.5. The molecule has 1 heterocycles. The minimum atomic E-state index is 0. The minimum Gasteiger partial charge on any atom is -1.00 e. The smallest absolute Gasteiger partial charge is 1.00 e. The number of benzene rings is 6. The molecule has 0 spiro atoms. The van der Waals surface area contributed by atoms with E-state index in [1.807, 2.05) is 0 Å². The van der Waals surface area contributed by atoms with Crippen LogP contribution < -0.4 is 22.2 Å². The van der Waals surface area contributed by atoms with Crippen LogP contribution in [0.4, 0.5) is 11.4 Å². The first-order chi connectivity index (χ1) is 24.8. The molecule has 0 saturated heterocycles. The summed E-state index contributed by atoms with van der Waals surface area (Å²) in [4.78, 5) is 4.77. The van der Waals surface area contributed by atoms with E-state index in [1.54, 1.807) is 0 Å². The molecule has 1 aliphatic heterocycles. The van der Waals surface area contributed by atoms with E-state index < -0.39 is 0 Å². The number of nitrogens with zero attached hydrogens (tertiary/aromatic N) is 2. The summed E-state index contributed by atoms with van der Waals surface area (Å²) in [7, 11) is 0. The number of anilines is 2. The van der Waals surface area contributed by atoms with E-state index in [-0.39, 0.29) is 53.1 Å². The van der Waals surface area contributed by atoms with Crippen molar-refractivity contribution in [3.8, 4) is 0 Å². The first kappa shape index (κ1) is 39.7. The Hall–Kier alpha value is -4.53. The number of hydrogen-bond acceptors (Lipinski definition) is 2. The van der Waals surface area contributed by atoms with Crippen molar-refractivity contribution < 1.29 is 29.5 Å². The number of aryl methyl sites for hydroxylation is 2. The zero-order valence-corrected chi connectivity index (χ0v) is 33.2. The molecular formula is C49H49ClCuN2. The van der Waals surface area contributed by atoms with E-state index in [1.165, 1.54) is 67.0 Å². The van der Waals surface area contributed by atoms with Crippen LogP contribution in [-0.2, 0) is 17.1 Å². The summed E-state index contributed by atoms with van der Waals surface area (Å²) in [5.74, 6) is 0.835. The van der Waals surface area contributed by atoms with Gasteiger partial charge in [0, 0.05) is 36.1 Å². The normalized spacial score (nSPS) is 14.5. The summed E-state index contributed by atoms with van der Waals surface area (Å²) in [6.45, 7) is 16.2. The SMILES string of the molecule is Cc1cc([C@@H](C)c2ccccc2)c(N2[CH]N(c3c([C@@H](C)c4ccccc4)cc(C)cc3[C@@H](C)c3ccccc3)C=C2)c([C@@H](C)c2ccccc2)c1.[Cl-].[Cu+]. The van der Waals surface area contributed by atoms with Crippen LogP contribution in [0.3, 0.4) is 0 Å². The molecule has 0 N–H and O–H groups in total. The Morgan fingerprint density at radius 2 is 0.604 bits per heavy atom. The third-order valence-electron chi connectivity index (χ3n) is 10.8. The maximum absolute atomic E-state index is 2.40. The van der Waals surface area contributed by atoms with Crippen LogP contribution >= 0.6 is 0 Å². The molecule has 273 valence electrons. The third kappa shape index (κ3) is 8.34. The van der Waals surface area contributed by atoms with Gasteiger partial charge in [-0.05, 0) is 58.4 Å². The predicted octanol–water partition coefficient (Wildman–Crippen LogP) is 9.83. The standard InChI is InChI=1S/C49H49N2.ClH.Cu/c1-34-29-44(36(3)40-19-11-7-12-20-40)48(45(30-34)37(4)41-21-13-8-14-22-41)50-27-28-51(33-50)49-46(38(5)42-23-15-9-16-24-42)31-35(2)32-47(49)39(6)43-25-17-10-18-26-43;;/h7-33,36-39H,1-6H3;1H;/q;;+1/p-1/t36-,37-,38-,39-;;/m0../s1.